The Balaban J connectivity index is 2.70. The summed E-state index contributed by atoms with van der Waals surface area (Å²) in [6.07, 6.45) is 0. The Morgan fingerprint density at radius 3 is 2.44 bits per heavy atom. The second-order valence-electron chi connectivity index (χ2n) is 5.31. The van der Waals surface area contributed by atoms with Crippen LogP contribution in [0.3, 0.4) is 0 Å². The van der Waals surface area contributed by atoms with Crippen LogP contribution in [0.4, 0.5) is 5.69 Å². The first-order valence-corrected chi connectivity index (χ1v) is 6.05. The predicted molar refractivity (Wildman–Crippen MR) is 74.0 cm³/mol. The van der Waals surface area contributed by atoms with Gasteiger partial charge in [-0.1, -0.05) is 12.1 Å². The Morgan fingerprint density at radius 1 is 1.28 bits per heavy atom. The minimum atomic E-state index is -0.269. The highest BCUT2D eigenvalue weighted by atomic mass is 16.5. The number of hydrogen-bond acceptors (Lipinski definition) is 3. The second-order valence-corrected chi connectivity index (χ2v) is 5.31. The van der Waals surface area contributed by atoms with Crippen molar-refractivity contribution < 1.29 is 9.53 Å². The molecule has 0 saturated heterocycles. The van der Waals surface area contributed by atoms with Gasteiger partial charge in [0.1, 0.15) is 5.75 Å². The topological polar surface area (TPSA) is 50.4 Å². The van der Waals surface area contributed by atoms with Gasteiger partial charge in [-0.15, -0.1) is 0 Å². The SMILES string of the molecule is COc1ccccc1NC(=O)C(C)NC(C)(C)C. The summed E-state index contributed by atoms with van der Waals surface area (Å²) in [6, 6.07) is 7.10. The monoisotopic (exact) mass is 250 g/mol. The Hall–Kier alpha value is -1.55. The molecular weight excluding hydrogens is 228 g/mol. The Morgan fingerprint density at radius 2 is 1.89 bits per heavy atom. The molecule has 2 N–H and O–H groups in total. The maximum atomic E-state index is 12.0. The molecule has 0 fully saturated rings. The molecule has 0 aromatic heterocycles. The van der Waals surface area contributed by atoms with Crippen molar-refractivity contribution in [1.29, 1.82) is 0 Å². The van der Waals surface area contributed by atoms with Gasteiger partial charge in [0.2, 0.25) is 5.91 Å². The van der Waals surface area contributed by atoms with Crippen molar-refractivity contribution in [2.24, 2.45) is 0 Å². The third-order valence-electron chi connectivity index (χ3n) is 2.41. The van der Waals surface area contributed by atoms with E-state index >= 15 is 0 Å². The van der Waals surface area contributed by atoms with Crippen LogP contribution in [0, 0.1) is 0 Å². The number of methoxy groups -OCH3 is 1. The summed E-state index contributed by atoms with van der Waals surface area (Å²) in [5.74, 6) is 0.586. The van der Waals surface area contributed by atoms with Gasteiger partial charge in [-0.25, -0.2) is 0 Å². The van der Waals surface area contributed by atoms with Gasteiger partial charge in [-0.05, 0) is 39.8 Å². The van der Waals surface area contributed by atoms with Crippen molar-refractivity contribution in [1.82, 2.24) is 5.32 Å². The first kappa shape index (κ1) is 14.5. The molecule has 4 heteroatoms. The lowest BCUT2D eigenvalue weighted by molar-refractivity contribution is -0.118. The number of rotatable bonds is 4. The van der Waals surface area contributed by atoms with Crippen molar-refractivity contribution in [2.45, 2.75) is 39.3 Å². The molecule has 4 nitrogen and oxygen atoms in total. The van der Waals surface area contributed by atoms with Crippen LogP contribution in [0.2, 0.25) is 0 Å². The van der Waals surface area contributed by atoms with Gasteiger partial charge in [0, 0.05) is 5.54 Å². The Kier molecular flexibility index (Phi) is 4.73. The van der Waals surface area contributed by atoms with E-state index in [0.29, 0.717) is 11.4 Å². The summed E-state index contributed by atoms with van der Waals surface area (Å²) >= 11 is 0. The molecular formula is C14H22N2O2. The van der Waals surface area contributed by atoms with Gasteiger partial charge in [0.15, 0.2) is 0 Å². The Labute approximate surface area is 109 Å². The number of ether oxygens (including phenoxy) is 1. The third kappa shape index (κ3) is 4.37. The highest BCUT2D eigenvalue weighted by Crippen LogP contribution is 2.23. The van der Waals surface area contributed by atoms with E-state index in [-0.39, 0.29) is 17.5 Å². The molecule has 0 saturated carbocycles. The lowest BCUT2D eigenvalue weighted by atomic mass is 10.1. The normalized spacial score (nSPS) is 12.9. The largest absolute Gasteiger partial charge is 0.495 e. The van der Waals surface area contributed by atoms with E-state index in [9.17, 15) is 4.79 Å². The maximum absolute atomic E-state index is 12.0. The van der Waals surface area contributed by atoms with E-state index < -0.39 is 0 Å². The first-order chi connectivity index (χ1) is 8.33. The van der Waals surface area contributed by atoms with Crippen LogP contribution in [0.1, 0.15) is 27.7 Å². The fourth-order valence-electron chi connectivity index (χ4n) is 1.70. The van der Waals surface area contributed by atoms with Crippen LogP contribution in [-0.4, -0.2) is 24.6 Å². The van der Waals surface area contributed by atoms with Gasteiger partial charge >= 0.3 is 0 Å². The third-order valence-corrected chi connectivity index (χ3v) is 2.41. The van der Waals surface area contributed by atoms with E-state index in [4.69, 9.17) is 4.74 Å². The maximum Gasteiger partial charge on any atom is 0.241 e. The molecule has 0 spiro atoms. The van der Waals surface area contributed by atoms with E-state index in [2.05, 4.69) is 10.6 Å². The summed E-state index contributed by atoms with van der Waals surface area (Å²) in [4.78, 5) is 12.0. The number of para-hydroxylation sites is 2. The smallest absolute Gasteiger partial charge is 0.241 e. The summed E-state index contributed by atoms with van der Waals surface area (Å²) in [7, 11) is 1.59. The summed E-state index contributed by atoms with van der Waals surface area (Å²) in [5.41, 5.74) is 0.588. The zero-order chi connectivity index (χ0) is 13.8. The molecule has 1 unspecified atom stereocenters. The molecule has 1 rings (SSSR count). The lowest BCUT2D eigenvalue weighted by Gasteiger charge is -2.25. The van der Waals surface area contributed by atoms with Gasteiger partial charge < -0.3 is 15.4 Å². The molecule has 100 valence electrons. The molecule has 18 heavy (non-hydrogen) atoms. The molecule has 0 heterocycles. The number of anilines is 1. The summed E-state index contributed by atoms with van der Waals surface area (Å²) in [6.45, 7) is 7.93. The number of nitrogens with one attached hydrogen (secondary N) is 2. The van der Waals surface area contributed by atoms with E-state index in [0.717, 1.165) is 0 Å². The van der Waals surface area contributed by atoms with Crippen LogP contribution < -0.4 is 15.4 Å². The molecule has 1 aromatic carbocycles. The van der Waals surface area contributed by atoms with Crippen LogP contribution in [0.5, 0.6) is 5.75 Å². The van der Waals surface area contributed by atoms with Crippen molar-refractivity contribution in [2.75, 3.05) is 12.4 Å². The van der Waals surface area contributed by atoms with Crippen LogP contribution in [0.25, 0.3) is 0 Å². The van der Waals surface area contributed by atoms with Crippen LogP contribution in [0.15, 0.2) is 24.3 Å². The van der Waals surface area contributed by atoms with Crippen molar-refractivity contribution >= 4 is 11.6 Å². The molecule has 0 radical (unpaired) electrons. The molecule has 1 amide bonds. The summed E-state index contributed by atoms with van der Waals surface area (Å²) in [5, 5.41) is 6.08. The zero-order valence-electron chi connectivity index (χ0n) is 11.7. The predicted octanol–water partition coefficient (Wildman–Crippen LogP) is 2.41. The van der Waals surface area contributed by atoms with Crippen LogP contribution in [-0.2, 0) is 4.79 Å². The molecule has 0 aliphatic carbocycles. The number of hydrogen-bond donors (Lipinski definition) is 2. The van der Waals surface area contributed by atoms with Gasteiger partial charge in [-0.3, -0.25) is 4.79 Å². The zero-order valence-corrected chi connectivity index (χ0v) is 11.7. The molecule has 0 aliphatic heterocycles. The Bertz CT molecular complexity index is 411. The number of amides is 1. The minimum absolute atomic E-state index is 0.0746. The number of benzene rings is 1. The average molecular weight is 250 g/mol. The molecule has 1 atom stereocenters. The fourth-order valence-corrected chi connectivity index (χ4v) is 1.70. The van der Waals surface area contributed by atoms with Crippen molar-refractivity contribution in [3.8, 4) is 5.75 Å². The van der Waals surface area contributed by atoms with Gasteiger partial charge in [0.25, 0.3) is 0 Å². The van der Waals surface area contributed by atoms with Gasteiger partial charge in [-0.2, -0.15) is 0 Å². The minimum Gasteiger partial charge on any atom is -0.495 e. The van der Waals surface area contributed by atoms with Gasteiger partial charge in [0.05, 0.1) is 18.8 Å². The summed E-state index contributed by atoms with van der Waals surface area (Å²) < 4.78 is 5.19. The van der Waals surface area contributed by atoms with E-state index in [1.807, 2.05) is 52.0 Å². The second kappa shape index (κ2) is 5.87. The number of carbonyl (C=O) groups is 1. The highest BCUT2D eigenvalue weighted by Gasteiger charge is 2.20. The fraction of sp³-hybridized carbons (Fsp3) is 0.500. The standard InChI is InChI=1S/C14H22N2O2/c1-10(16-14(2,3)4)13(17)15-11-8-6-7-9-12(11)18-5/h6-10,16H,1-5H3,(H,15,17). The lowest BCUT2D eigenvalue weighted by Crippen LogP contribution is -2.48. The molecule has 1 aromatic rings. The van der Waals surface area contributed by atoms with Crippen LogP contribution >= 0.6 is 0 Å². The quantitative estimate of drug-likeness (QED) is 0.862. The number of carbonyl (C=O) groups excluding carboxylic acids is 1. The molecule has 0 bridgehead atoms. The highest BCUT2D eigenvalue weighted by molar-refractivity contribution is 5.95. The molecule has 0 aliphatic rings. The first-order valence-electron chi connectivity index (χ1n) is 6.05. The van der Waals surface area contributed by atoms with E-state index in [1.165, 1.54) is 0 Å². The van der Waals surface area contributed by atoms with Crippen molar-refractivity contribution in [3.05, 3.63) is 24.3 Å². The average Bonchev–Trinajstić information content (AvgIpc) is 2.27. The van der Waals surface area contributed by atoms with E-state index in [1.54, 1.807) is 7.11 Å². The van der Waals surface area contributed by atoms with Crippen molar-refractivity contribution in [3.63, 3.8) is 0 Å².